The van der Waals surface area contributed by atoms with Crippen LogP contribution in [0.4, 0.5) is 5.69 Å². The Bertz CT molecular complexity index is 474. The molecule has 0 aromatic heterocycles. The lowest BCUT2D eigenvalue weighted by molar-refractivity contribution is -0.126. The molecule has 0 heterocycles. The fourth-order valence-corrected chi connectivity index (χ4v) is 1.93. The highest BCUT2D eigenvalue weighted by Gasteiger charge is 2.06. The van der Waals surface area contributed by atoms with Gasteiger partial charge in [0.2, 0.25) is 0 Å². The number of carbonyl (C=O) groups excluding carboxylic acids is 1. The van der Waals surface area contributed by atoms with Crippen molar-refractivity contribution < 1.29 is 19.0 Å². The third-order valence-electron chi connectivity index (χ3n) is 3.25. The highest BCUT2D eigenvalue weighted by atomic mass is 16.5. The molecule has 1 rings (SSSR count). The molecule has 5 heteroatoms. The lowest BCUT2D eigenvalue weighted by atomic mass is 10.1. The van der Waals surface area contributed by atoms with Crippen molar-refractivity contribution in [1.29, 1.82) is 0 Å². The van der Waals surface area contributed by atoms with Crippen molar-refractivity contribution in [2.75, 3.05) is 38.4 Å². The summed E-state index contributed by atoms with van der Waals surface area (Å²) in [4.78, 5) is 11.4. The lowest BCUT2D eigenvalue weighted by Crippen LogP contribution is -2.16. The summed E-state index contributed by atoms with van der Waals surface area (Å²) in [5.41, 5.74) is 1.05. The van der Waals surface area contributed by atoms with Crippen molar-refractivity contribution in [2.45, 2.75) is 40.2 Å². The van der Waals surface area contributed by atoms with Gasteiger partial charge in [-0.15, -0.1) is 0 Å². The summed E-state index contributed by atoms with van der Waals surface area (Å²) < 4.78 is 16.5. The highest BCUT2D eigenvalue weighted by Crippen LogP contribution is 2.17. The van der Waals surface area contributed by atoms with E-state index in [9.17, 15) is 4.79 Å². The van der Waals surface area contributed by atoms with Crippen LogP contribution in [0.25, 0.3) is 0 Å². The van der Waals surface area contributed by atoms with Crippen LogP contribution >= 0.6 is 0 Å². The zero-order valence-corrected chi connectivity index (χ0v) is 15.3. The molecule has 24 heavy (non-hydrogen) atoms. The van der Waals surface area contributed by atoms with E-state index in [4.69, 9.17) is 14.2 Å². The first kappa shape index (κ1) is 20.5. The minimum absolute atomic E-state index is 0.0349. The zero-order valence-electron chi connectivity index (χ0n) is 15.3. The van der Waals surface area contributed by atoms with Crippen LogP contribution in [-0.2, 0) is 14.3 Å². The van der Waals surface area contributed by atoms with Crippen molar-refractivity contribution in [1.82, 2.24) is 0 Å². The van der Waals surface area contributed by atoms with Crippen LogP contribution in [0.5, 0.6) is 5.75 Å². The molecule has 0 saturated heterocycles. The van der Waals surface area contributed by atoms with Crippen LogP contribution in [0.15, 0.2) is 24.3 Å². The second-order valence-corrected chi connectivity index (χ2v) is 6.31. The van der Waals surface area contributed by atoms with Crippen molar-refractivity contribution in [3.63, 3.8) is 0 Å². The molecule has 0 aliphatic heterocycles. The molecule has 0 saturated carbocycles. The SMILES string of the molecule is CC(C)Nc1cccc(OCCOCCCOCC(=O)C(C)C)c1. The summed E-state index contributed by atoms with van der Waals surface area (Å²) in [6, 6.07) is 8.30. The maximum Gasteiger partial charge on any atom is 0.160 e. The van der Waals surface area contributed by atoms with Gasteiger partial charge < -0.3 is 19.5 Å². The van der Waals surface area contributed by atoms with E-state index < -0.39 is 0 Å². The van der Waals surface area contributed by atoms with Gasteiger partial charge in [-0.3, -0.25) is 4.79 Å². The average molecular weight is 337 g/mol. The van der Waals surface area contributed by atoms with E-state index >= 15 is 0 Å². The second kappa shape index (κ2) is 11.9. The molecular weight excluding hydrogens is 306 g/mol. The summed E-state index contributed by atoms with van der Waals surface area (Å²) >= 11 is 0. The normalized spacial score (nSPS) is 11.1. The Morgan fingerprint density at radius 2 is 1.79 bits per heavy atom. The van der Waals surface area contributed by atoms with Gasteiger partial charge in [0, 0.05) is 36.9 Å². The monoisotopic (exact) mass is 337 g/mol. The number of hydrogen-bond donors (Lipinski definition) is 1. The largest absolute Gasteiger partial charge is 0.491 e. The Hall–Kier alpha value is -1.59. The van der Waals surface area contributed by atoms with Crippen molar-refractivity contribution >= 4 is 11.5 Å². The van der Waals surface area contributed by atoms with Gasteiger partial charge in [-0.05, 0) is 32.4 Å². The van der Waals surface area contributed by atoms with Crippen LogP contribution in [0.1, 0.15) is 34.1 Å². The van der Waals surface area contributed by atoms with Crippen molar-refractivity contribution in [3.8, 4) is 5.75 Å². The number of nitrogens with one attached hydrogen (secondary N) is 1. The number of Topliss-reactive ketones (excluding diaryl/α,β-unsaturated/α-hetero) is 1. The third-order valence-corrected chi connectivity index (χ3v) is 3.25. The summed E-state index contributed by atoms with van der Waals surface area (Å²) in [6.45, 7) is 10.4. The zero-order chi connectivity index (χ0) is 17.8. The Kier molecular flexibility index (Phi) is 10.1. The van der Waals surface area contributed by atoms with Gasteiger partial charge in [-0.25, -0.2) is 0 Å². The molecule has 0 unspecified atom stereocenters. The first-order chi connectivity index (χ1) is 11.5. The van der Waals surface area contributed by atoms with E-state index in [1.165, 1.54) is 0 Å². The quantitative estimate of drug-likeness (QED) is 0.558. The van der Waals surface area contributed by atoms with E-state index in [0.717, 1.165) is 17.9 Å². The predicted molar refractivity (Wildman–Crippen MR) is 96.8 cm³/mol. The van der Waals surface area contributed by atoms with Gasteiger partial charge in [0.1, 0.15) is 19.0 Å². The molecular formula is C19H31NO4. The molecule has 0 fully saturated rings. The molecule has 0 amide bonds. The number of hydrogen-bond acceptors (Lipinski definition) is 5. The number of carbonyl (C=O) groups is 1. The standard InChI is InChI=1S/C19H31NO4/c1-15(2)19(21)14-23-10-6-9-22-11-12-24-18-8-5-7-17(13-18)20-16(3)4/h5,7-8,13,15-16,20H,6,9-12,14H2,1-4H3. The maximum atomic E-state index is 11.4. The molecule has 0 aliphatic rings. The van der Waals surface area contributed by atoms with Gasteiger partial charge in [-0.2, -0.15) is 0 Å². The van der Waals surface area contributed by atoms with Crippen LogP contribution < -0.4 is 10.1 Å². The molecule has 0 aliphatic carbocycles. The van der Waals surface area contributed by atoms with Crippen LogP contribution in [0.2, 0.25) is 0 Å². The van der Waals surface area contributed by atoms with E-state index in [2.05, 4.69) is 19.2 Å². The van der Waals surface area contributed by atoms with Crippen molar-refractivity contribution in [3.05, 3.63) is 24.3 Å². The van der Waals surface area contributed by atoms with E-state index in [0.29, 0.717) is 32.5 Å². The summed E-state index contributed by atoms with van der Waals surface area (Å²) in [6.07, 6.45) is 0.777. The molecule has 5 nitrogen and oxygen atoms in total. The summed E-state index contributed by atoms with van der Waals surface area (Å²) in [5.74, 6) is 1.01. The fourth-order valence-electron chi connectivity index (χ4n) is 1.93. The van der Waals surface area contributed by atoms with E-state index in [-0.39, 0.29) is 18.3 Å². The lowest BCUT2D eigenvalue weighted by Gasteiger charge is -2.12. The van der Waals surface area contributed by atoms with Crippen LogP contribution in [-0.4, -0.2) is 44.9 Å². The van der Waals surface area contributed by atoms with Gasteiger partial charge in [0.25, 0.3) is 0 Å². The van der Waals surface area contributed by atoms with Gasteiger partial charge in [0.05, 0.1) is 6.61 Å². The Labute approximate surface area is 145 Å². The van der Waals surface area contributed by atoms with E-state index in [1.807, 2.05) is 38.1 Å². The molecule has 0 atom stereocenters. The van der Waals surface area contributed by atoms with Crippen LogP contribution in [0.3, 0.4) is 0 Å². The number of ketones is 1. The predicted octanol–water partition coefficient (Wildman–Crippen LogP) is 3.53. The average Bonchev–Trinajstić information content (AvgIpc) is 2.52. The van der Waals surface area contributed by atoms with Gasteiger partial charge >= 0.3 is 0 Å². The molecule has 136 valence electrons. The Balaban J connectivity index is 2.03. The first-order valence-electron chi connectivity index (χ1n) is 8.66. The number of ether oxygens (including phenoxy) is 3. The molecule has 0 radical (unpaired) electrons. The number of anilines is 1. The molecule has 1 aromatic rings. The topological polar surface area (TPSA) is 56.8 Å². The molecule has 1 aromatic carbocycles. The summed E-state index contributed by atoms with van der Waals surface area (Å²) in [7, 11) is 0. The molecule has 0 spiro atoms. The van der Waals surface area contributed by atoms with Gasteiger partial charge in [-0.1, -0.05) is 19.9 Å². The van der Waals surface area contributed by atoms with E-state index in [1.54, 1.807) is 0 Å². The fraction of sp³-hybridized carbons (Fsp3) is 0.632. The van der Waals surface area contributed by atoms with Gasteiger partial charge in [0.15, 0.2) is 5.78 Å². The Morgan fingerprint density at radius 1 is 1.04 bits per heavy atom. The Morgan fingerprint density at radius 3 is 2.50 bits per heavy atom. The minimum Gasteiger partial charge on any atom is -0.491 e. The number of benzene rings is 1. The minimum atomic E-state index is 0.0349. The first-order valence-corrected chi connectivity index (χ1v) is 8.66. The highest BCUT2D eigenvalue weighted by molar-refractivity contribution is 5.81. The maximum absolute atomic E-state index is 11.4. The van der Waals surface area contributed by atoms with Crippen molar-refractivity contribution in [2.24, 2.45) is 5.92 Å². The summed E-state index contributed by atoms with van der Waals surface area (Å²) in [5, 5.41) is 3.34. The molecule has 1 N–H and O–H groups in total. The number of rotatable bonds is 13. The second-order valence-electron chi connectivity index (χ2n) is 6.31. The smallest absolute Gasteiger partial charge is 0.160 e. The van der Waals surface area contributed by atoms with Crippen LogP contribution in [0, 0.1) is 5.92 Å². The third kappa shape index (κ3) is 9.53. The molecule has 0 bridgehead atoms.